The first-order valence-corrected chi connectivity index (χ1v) is 32.1. The van der Waals surface area contributed by atoms with E-state index in [2.05, 4.69) is 38.2 Å². The van der Waals surface area contributed by atoms with Crippen molar-refractivity contribution in [3.05, 3.63) is 124 Å². The Morgan fingerprint density at radius 1 is 0.779 bits per heavy atom. The van der Waals surface area contributed by atoms with Crippen molar-refractivity contribution in [2.45, 2.75) is 96.9 Å². The maximum Gasteiger partial charge on any atom is 0.336 e. The van der Waals surface area contributed by atoms with Crippen LogP contribution in [0.1, 0.15) is 83.4 Å². The molecule has 27 nitrogen and oxygen atoms in total. The molecule has 27 heteroatoms. The highest BCUT2D eigenvalue weighted by molar-refractivity contribution is 6.10. The maximum atomic E-state index is 14.1. The number of nitrogens with two attached hydrogens (primary N) is 2. The molecule has 1 saturated heterocycles. The average molecular weight is 1330 g/mol. The Hall–Kier alpha value is -7.90. The minimum absolute atomic E-state index is 0.0340. The van der Waals surface area contributed by atoms with Gasteiger partial charge in [0.2, 0.25) is 17.7 Å². The van der Waals surface area contributed by atoms with Crippen molar-refractivity contribution in [2.75, 3.05) is 136 Å². The number of carboxylic acids is 1. The summed E-state index contributed by atoms with van der Waals surface area (Å²) in [5, 5.41) is 57.8. The number of aromatic carboxylic acids is 1. The first-order chi connectivity index (χ1) is 45.9. The number of rotatable bonds is 44. The van der Waals surface area contributed by atoms with Crippen LogP contribution in [0.5, 0.6) is 0 Å². The number of unbranched alkanes of at least 4 members (excludes halogenated alkanes) is 1. The molecule has 1 aliphatic carbocycles. The van der Waals surface area contributed by atoms with Gasteiger partial charge >= 0.3 is 5.97 Å². The van der Waals surface area contributed by atoms with Gasteiger partial charge in [0.25, 0.3) is 5.91 Å². The molecule has 95 heavy (non-hydrogen) atoms. The number of aliphatic hydroxyl groups excluding tert-OH is 3. The Morgan fingerprint density at radius 2 is 1.44 bits per heavy atom. The lowest BCUT2D eigenvalue weighted by Gasteiger charge is -2.36. The lowest BCUT2D eigenvalue weighted by Crippen LogP contribution is -2.50. The normalized spacial score (nSPS) is 16.2. The molecule has 3 aromatic carbocycles. The number of amides is 4. The van der Waals surface area contributed by atoms with Crippen molar-refractivity contribution < 1.29 is 86.7 Å². The van der Waals surface area contributed by atoms with E-state index >= 15 is 0 Å². The molecule has 0 radical (unpaired) electrons. The van der Waals surface area contributed by atoms with Crippen LogP contribution < -0.4 is 43.5 Å². The second-order valence-corrected chi connectivity index (χ2v) is 22.4. The topological polar surface area (TPSA) is 381 Å². The fraction of sp³-hybridized carbons (Fsp3) is 0.500. The first kappa shape index (κ1) is 76.1. The van der Waals surface area contributed by atoms with Gasteiger partial charge in [-0.15, -0.1) is 0 Å². The van der Waals surface area contributed by atoms with Gasteiger partial charge in [0, 0.05) is 96.5 Å². The van der Waals surface area contributed by atoms with Gasteiger partial charge in [-0.05, 0) is 124 Å². The van der Waals surface area contributed by atoms with Crippen molar-refractivity contribution >= 4 is 51.9 Å². The van der Waals surface area contributed by atoms with Gasteiger partial charge in [0.15, 0.2) is 6.29 Å². The summed E-state index contributed by atoms with van der Waals surface area (Å²) in [5.41, 5.74) is 12.6. The molecule has 520 valence electrons. The summed E-state index contributed by atoms with van der Waals surface area (Å²) in [6.07, 6.45) is 0.178. The number of carbonyl (C=O) groups excluding carboxylic acids is 4. The molecule has 0 aromatic heterocycles. The lowest BCUT2D eigenvalue weighted by atomic mass is 9.88. The van der Waals surface area contributed by atoms with E-state index < -0.39 is 48.4 Å². The van der Waals surface area contributed by atoms with Crippen molar-refractivity contribution in [2.24, 2.45) is 16.6 Å². The number of nitrogens with zero attached hydrogens (tertiary/aromatic N) is 2. The van der Waals surface area contributed by atoms with E-state index in [-0.39, 0.29) is 74.3 Å². The van der Waals surface area contributed by atoms with E-state index in [0.29, 0.717) is 157 Å². The van der Waals surface area contributed by atoms with E-state index in [1.807, 2.05) is 52.0 Å². The average Bonchev–Trinajstić information content (AvgIpc) is 0.741. The molecule has 0 unspecified atom stereocenters. The summed E-state index contributed by atoms with van der Waals surface area (Å²) >= 11 is 0. The number of hydrazine groups is 1. The van der Waals surface area contributed by atoms with Crippen LogP contribution >= 0.6 is 0 Å². The van der Waals surface area contributed by atoms with Gasteiger partial charge in [-0.25, -0.2) is 10.6 Å². The van der Waals surface area contributed by atoms with E-state index in [0.717, 1.165) is 27.7 Å². The summed E-state index contributed by atoms with van der Waals surface area (Å²) in [6.45, 7) is 17.1. The van der Waals surface area contributed by atoms with Crippen LogP contribution in [0, 0.1) is 13.8 Å². The second kappa shape index (κ2) is 41.1. The molecule has 3 aliphatic rings. The number of benzene rings is 4. The smallest absolute Gasteiger partial charge is 0.336 e. The summed E-state index contributed by atoms with van der Waals surface area (Å²) in [5.74, 6) is 4.43. The fourth-order valence-electron chi connectivity index (χ4n) is 10.2. The van der Waals surface area contributed by atoms with Crippen LogP contribution in [0.25, 0.3) is 33.4 Å². The SMILES string of the molecule is C=CC(=O)NCCOCCOCCOCCOCCOCCOCCC(=O)NCCCC[C@@H](C(=O)Nc1ccc(CCO[C@@H]2O[C@H](CO)C[C@H](O)[C@H]2O)cc1)N(N)/C=C(\N)CNC(=O)c1ccc(C(=O)O)c(-c2c3cc(C)c(=NCC)cc-3oc3cc(NCC)c(C)cc23)c1. The van der Waals surface area contributed by atoms with E-state index in [4.69, 9.17) is 53.9 Å². The zero-order valence-corrected chi connectivity index (χ0v) is 54.8. The van der Waals surface area contributed by atoms with Crippen LogP contribution in [0.4, 0.5) is 11.4 Å². The number of aryl methyl sites for hydroxylation is 2. The van der Waals surface area contributed by atoms with Gasteiger partial charge in [-0.2, -0.15) is 0 Å². The number of hydrogen-bond acceptors (Lipinski definition) is 22. The number of aliphatic hydroxyl groups is 3. The zero-order chi connectivity index (χ0) is 68.5. The number of hydrogen-bond donors (Lipinski definition) is 11. The lowest BCUT2D eigenvalue weighted by molar-refractivity contribution is -0.270. The monoisotopic (exact) mass is 1330 g/mol. The Bertz CT molecular complexity index is 3330. The van der Waals surface area contributed by atoms with Crippen LogP contribution in [-0.4, -0.2) is 211 Å². The largest absolute Gasteiger partial charge is 0.478 e. The van der Waals surface area contributed by atoms with Gasteiger partial charge in [0.1, 0.15) is 23.5 Å². The fourth-order valence-corrected chi connectivity index (χ4v) is 10.2. The number of ether oxygens (including phenoxy) is 8. The molecule has 1 fully saturated rings. The molecule has 4 amide bonds. The molecule has 2 heterocycles. The van der Waals surface area contributed by atoms with Gasteiger partial charge in [-0.3, -0.25) is 24.2 Å². The molecule has 3 aromatic rings. The Balaban J connectivity index is 1.00. The van der Waals surface area contributed by atoms with Crippen LogP contribution in [0.2, 0.25) is 0 Å². The summed E-state index contributed by atoms with van der Waals surface area (Å²) in [6, 6.07) is 18.0. The minimum Gasteiger partial charge on any atom is -0.478 e. The van der Waals surface area contributed by atoms with Crippen LogP contribution in [0.3, 0.4) is 0 Å². The van der Waals surface area contributed by atoms with Crippen LogP contribution in [-0.2, 0) is 58.7 Å². The highest BCUT2D eigenvalue weighted by Gasteiger charge is 2.37. The van der Waals surface area contributed by atoms with E-state index in [1.165, 1.54) is 29.4 Å². The van der Waals surface area contributed by atoms with Crippen molar-refractivity contribution in [3.8, 4) is 22.5 Å². The molecule has 5 atom stereocenters. The van der Waals surface area contributed by atoms with Crippen LogP contribution in [0.15, 0.2) is 101 Å². The summed E-state index contributed by atoms with van der Waals surface area (Å²) in [4.78, 5) is 69.7. The summed E-state index contributed by atoms with van der Waals surface area (Å²) < 4.78 is 50.7. The molecule has 0 bridgehead atoms. The highest BCUT2D eigenvalue weighted by Crippen LogP contribution is 2.43. The highest BCUT2D eigenvalue weighted by atomic mass is 16.7. The third-order valence-electron chi connectivity index (χ3n) is 15.2. The zero-order valence-electron chi connectivity index (χ0n) is 54.8. The first-order valence-electron chi connectivity index (χ1n) is 32.1. The Labute approximate surface area is 553 Å². The van der Waals surface area contributed by atoms with Crippen molar-refractivity contribution in [1.29, 1.82) is 0 Å². The third-order valence-corrected chi connectivity index (χ3v) is 15.2. The predicted octanol–water partition coefficient (Wildman–Crippen LogP) is 4.05. The van der Waals surface area contributed by atoms with E-state index in [9.17, 15) is 44.4 Å². The molecule has 0 spiro atoms. The Morgan fingerprint density at radius 3 is 2.07 bits per heavy atom. The third kappa shape index (κ3) is 25.0. The molecule has 0 saturated carbocycles. The van der Waals surface area contributed by atoms with Gasteiger partial charge in [-0.1, -0.05) is 18.7 Å². The molecule has 6 rings (SSSR count). The number of fused-ring (bicyclic) bond motifs is 2. The minimum atomic E-state index is -1.27. The maximum absolute atomic E-state index is 14.1. The van der Waals surface area contributed by atoms with Gasteiger partial charge < -0.3 is 100 Å². The van der Waals surface area contributed by atoms with Crippen molar-refractivity contribution in [3.63, 3.8) is 0 Å². The molecular formula is C68H95N9O18. The van der Waals surface area contributed by atoms with Crippen molar-refractivity contribution in [1.82, 2.24) is 21.0 Å². The predicted molar refractivity (Wildman–Crippen MR) is 356 cm³/mol. The molecule has 2 aliphatic heterocycles. The number of carboxylic acid groups (broad SMARTS) is 1. The molecular weight excluding hydrogens is 1230 g/mol. The quantitative estimate of drug-likeness (QED) is 0.00861. The Kier molecular flexibility index (Phi) is 33.0. The second-order valence-electron chi connectivity index (χ2n) is 22.4. The standard InChI is InChI=1S/C68H95N9O18/c1-6-61(80)74-21-24-88-26-28-90-30-32-92-34-33-91-31-29-89-27-25-87-22-19-62(81)73-20-10-9-11-57(66(84)76-49-15-12-46(13-16-49)18-23-93-68-64(82)58(79)38-50(43-78)94-68)77(70)42-48(69)41-75-65(83)47-14-17-51(67(85)86)52(37-47)63-53-35-44(4)55(71-7-2)39-59(53)95-60-40-56(72-8-3)45(5)36-54(60)63/h6,12-17,35-37,39-40,42,50,57-58,64,68,71,78-79,82H,1,7-11,18-34,38,41,43,69-70H2,2-5H3,(H,73,81)(H,74,80)(H,75,83)(H,76,84)(H,85,86)/b48-42-,72-56?/t50-,57-,58-,64+,68+/m0/s1. The molecule has 13 N–H and O–H groups in total. The number of nitrogens with one attached hydrogen (secondary N) is 5. The van der Waals surface area contributed by atoms with E-state index in [1.54, 1.807) is 30.3 Å². The summed E-state index contributed by atoms with van der Waals surface area (Å²) in [7, 11) is 0. The van der Waals surface area contributed by atoms with Gasteiger partial charge in [0.05, 0.1) is 122 Å². The number of carbonyl (C=O) groups is 5. The number of anilines is 2.